The molecule has 0 amide bonds. The minimum atomic E-state index is -3.62. The highest BCUT2D eigenvalue weighted by molar-refractivity contribution is 7.86. The maximum atomic E-state index is 11.4. The van der Waals surface area contributed by atoms with Gasteiger partial charge in [-0.15, -0.1) is 23.7 Å². The Morgan fingerprint density at radius 2 is 1.40 bits per heavy atom. The number of methoxy groups -OCH3 is 3. The summed E-state index contributed by atoms with van der Waals surface area (Å²) >= 11 is 1.51. The molecule has 1 aromatic heterocycles. The summed E-state index contributed by atoms with van der Waals surface area (Å²) in [5, 5.41) is 2.80. The van der Waals surface area contributed by atoms with Gasteiger partial charge in [-0.3, -0.25) is 13.4 Å². The van der Waals surface area contributed by atoms with Crippen LogP contribution in [0.15, 0.2) is 65.0 Å². The monoisotopic (exact) mass is 739 g/mol. The first kappa shape index (κ1) is 38.7. The van der Waals surface area contributed by atoms with Crippen LogP contribution in [0.1, 0.15) is 11.1 Å². The molecule has 4 rings (SSSR count). The number of hydrogen-bond acceptors (Lipinski definition) is 13. The van der Waals surface area contributed by atoms with E-state index in [0.29, 0.717) is 17.2 Å². The molecule has 3 aromatic carbocycles. The predicted octanol–water partition coefficient (Wildman–Crippen LogP) is 5.74. The van der Waals surface area contributed by atoms with E-state index in [9.17, 15) is 16.8 Å². The molecule has 0 aliphatic carbocycles. The smallest absolute Gasteiger partial charge is 0.264 e. The van der Waals surface area contributed by atoms with E-state index in [1.807, 2.05) is 66.9 Å². The van der Waals surface area contributed by atoms with Crippen LogP contribution in [0, 0.1) is 6.92 Å². The lowest BCUT2D eigenvalue weighted by molar-refractivity contribution is 0.309. The quantitative estimate of drug-likeness (QED) is 0.103. The number of ether oxygens (including phenoxy) is 3. The van der Waals surface area contributed by atoms with Gasteiger partial charge in [-0.2, -0.15) is 16.8 Å². The topological polar surface area (TPSA) is 143 Å². The minimum Gasteiger partial charge on any atom is -0.493 e. The molecular formula is C32H38ClN3O9S3. The summed E-state index contributed by atoms with van der Waals surface area (Å²) in [6.07, 6.45) is 3.72. The Hall–Kier alpha value is -3.73. The summed E-state index contributed by atoms with van der Waals surface area (Å²) < 4.78 is 71.8. The molecule has 0 aliphatic heterocycles. The van der Waals surface area contributed by atoms with E-state index in [2.05, 4.69) is 4.99 Å². The second-order valence-corrected chi connectivity index (χ2v) is 14.5. The molecule has 0 radical (unpaired) electrons. The number of aryl methyl sites for hydroxylation is 1. The van der Waals surface area contributed by atoms with Gasteiger partial charge in [-0.1, -0.05) is 18.2 Å². The van der Waals surface area contributed by atoms with Crippen molar-refractivity contribution in [2.24, 2.45) is 4.99 Å². The van der Waals surface area contributed by atoms with Gasteiger partial charge >= 0.3 is 0 Å². The van der Waals surface area contributed by atoms with Gasteiger partial charge < -0.3 is 19.1 Å². The van der Waals surface area contributed by atoms with Gasteiger partial charge in [0.1, 0.15) is 5.01 Å². The van der Waals surface area contributed by atoms with Crippen molar-refractivity contribution in [3.8, 4) is 39.1 Å². The van der Waals surface area contributed by atoms with E-state index in [1.54, 1.807) is 32.4 Å². The fourth-order valence-electron chi connectivity index (χ4n) is 4.57. The van der Waals surface area contributed by atoms with Crippen molar-refractivity contribution in [2.45, 2.75) is 6.92 Å². The second-order valence-electron chi connectivity index (χ2n) is 10.3. The number of halogens is 1. The Kier molecular flexibility index (Phi) is 13.8. The van der Waals surface area contributed by atoms with E-state index in [-0.39, 0.29) is 38.7 Å². The Morgan fingerprint density at radius 3 is 1.90 bits per heavy atom. The van der Waals surface area contributed by atoms with Crippen molar-refractivity contribution >= 4 is 61.6 Å². The highest BCUT2D eigenvalue weighted by Gasteiger charge is 2.17. The molecule has 0 N–H and O–H groups in total. The van der Waals surface area contributed by atoms with Crippen LogP contribution in [0.25, 0.3) is 21.8 Å². The molecular weight excluding hydrogens is 702 g/mol. The van der Waals surface area contributed by atoms with Gasteiger partial charge in [0.2, 0.25) is 5.75 Å². The first-order chi connectivity index (χ1) is 22.3. The molecule has 0 spiro atoms. The zero-order valence-electron chi connectivity index (χ0n) is 27.3. The number of anilines is 1. The van der Waals surface area contributed by atoms with E-state index in [1.165, 1.54) is 11.3 Å². The van der Waals surface area contributed by atoms with Crippen LogP contribution in [-0.2, 0) is 28.6 Å². The summed E-state index contributed by atoms with van der Waals surface area (Å²) in [5.74, 6) is 1.64. The SMILES string of the molecule is COc1cc(-c2nc(-c3ccc(N=Cc4ccc(N(CCOS(C)(=O)=O)CCOS(C)(=O)=O)cc4C)cc3)cs2)cc(OC)c1OC.Cl. The minimum absolute atomic E-state index is 0. The molecule has 0 saturated heterocycles. The highest BCUT2D eigenvalue weighted by Crippen LogP contribution is 2.42. The molecule has 260 valence electrons. The van der Waals surface area contributed by atoms with Crippen LogP contribution in [0.4, 0.5) is 11.4 Å². The Morgan fingerprint density at radius 1 is 0.812 bits per heavy atom. The molecule has 1 heterocycles. The van der Waals surface area contributed by atoms with Crippen LogP contribution in [0.3, 0.4) is 0 Å². The summed E-state index contributed by atoms with van der Waals surface area (Å²) in [4.78, 5) is 11.3. The number of aliphatic imine (C=N–C) groups is 1. The fraction of sp³-hybridized carbons (Fsp3) is 0.312. The molecule has 0 bridgehead atoms. The van der Waals surface area contributed by atoms with Crippen molar-refractivity contribution < 1.29 is 39.4 Å². The third-order valence-electron chi connectivity index (χ3n) is 6.87. The number of nitrogens with zero attached hydrogens (tertiary/aromatic N) is 3. The van der Waals surface area contributed by atoms with Gasteiger partial charge in [-0.05, 0) is 54.4 Å². The van der Waals surface area contributed by atoms with E-state index in [4.69, 9.17) is 27.6 Å². The van der Waals surface area contributed by atoms with E-state index < -0.39 is 20.2 Å². The first-order valence-corrected chi connectivity index (χ1v) is 18.8. The molecule has 0 saturated carbocycles. The fourth-order valence-corrected chi connectivity index (χ4v) is 6.15. The van der Waals surface area contributed by atoms with Gasteiger partial charge in [0.15, 0.2) is 11.5 Å². The van der Waals surface area contributed by atoms with Crippen LogP contribution in [0.2, 0.25) is 0 Å². The lowest BCUT2D eigenvalue weighted by atomic mass is 10.1. The Labute approximate surface area is 292 Å². The maximum absolute atomic E-state index is 11.4. The Balaban J connectivity index is 0.00000625. The molecule has 0 aliphatic rings. The van der Waals surface area contributed by atoms with E-state index in [0.717, 1.165) is 56.8 Å². The number of aromatic nitrogens is 1. The molecule has 0 unspecified atom stereocenters. The van der Waals surface area contributed by atoms with Crippen LogP contribution in [-0.4, -0.2) is 88.2 Å². The van der Waals surface area contributed by atoms with Crippen molar-refractivity contribution in [1.29, 1.82) is 0 Å². The molecule has 12 nitrogen and oxygen atoms in total. The van der Waals surface area contributed by atoms with Gasteiger partial charge in [0.25, 0.3) is 20.2 Å². The predicted molar refractivity (Wildman–Crippen MR) is 192 cm³/mol. The van der Waals surface area contributed by atoms with Gasteiger partial charge in [0, 0.05) is 41.5 Å². The van der Waals surface area contributed by atoms with Crippen molar-refractivity contribution in [3.05, 3.63) is 71.1 Å². The second kappa shape index (κ2) is 17.1. The molecule has 0 atom stereocenters. The highest BCUT2D eigenvalue weighted by atomic mass is 35.5. The first-order valence-electron chi connectivity index (χ1n) is 14.2. The molecule has 0 fully saturated rings. The summed E-state index contributed by atoms with van der Waals surface area (Å²) in [6, 6.07) is 17.2. The normalized spacial score (nSPS) is 11.7. The van der Waals surface area contributed by atoms with Crippen LogP contribution < -0.4 is 19.1 Å². The number of thiazole rings is 1. The lowest BCUT2D eigenvalue weighted by Crippen LogP contribution is -2.32. The number of rotatable bonds is 16. The van der Waals surface area contributed by atoms with Crippen LogP contribution in [0.5, 0.6) is 17.2 Å². The summed E-state index contributed by atoms with van der Waals surface area (Å²) in [5.41, 5.74) is 5.94. The summed E-state index contributed by atoms with van der Waals surface area (Å²) in [6.45, 7) is 2.16. The van der Waals surface area contributed by atoms with Crippen molar-refractivity contribution in [1.82, 2.24) is 4.98 Å². The molecule has 4 aromatic rings. The lowest BCUT2D eigenvalue weighted by Gasteiger charge is -2.25. The number of benzene rings is 3. The third-order valence-corrected chi connectivity index (χ3v) is 8.95. The Bertz CT molecular complexity index is 1870. The van der Waals surface area contributed by atoms with Gasteiger partial charge in [-0.25, -0.2) is 4.98 Å². The number of hydrogen-bond donors (Lipinski definition) is 0. The largest absolute Gasteiger partial charge is 0.493 e. The van der Waals surface area contributed by atoms with Gasteiger partial charge in [0.05, 0.1) is 58.4 Å². The average molecular weight is 740 g/mol. The zero-order chi connectivity index (χ0) is 34.2. The van der Waals surface area contributed by atoms with E-state index >= 15 is 0 Å². The zero-order valence-corrected chi connectivity index (χ0v) is 30.6. The summed E-state index contributed by atoms with van der Waals surface area (Å²) in [7, 11) is -2.51. The van der Waals surface area contributed by atoms with Crippen LogP contribution >= 0.6 is 23.7 Å². The standard InChI is InChI=1S/C32H37N3O9S3.ClH/c1-22-17-27(35(13-15-43-46(5,36)37)14-16-44-47(6,38)39)12-9-24(22)20-33-26-10-7-23(8-11-26)28-21-45-32(34-28)25-18-29(40-2)31(42-4)30(19-25)41-3;/h7-12,17-21H,13-16H2,1-6H3;1H. The molecule has 16 heteroatoms. The molecule has 48 heavy (non-hydrogen) atoms. The maximum Gasteiger partial charge on any atom is 0.264 e. The average Bonchev–Trinajstić information content (AvgIpc) is 3.52. The van der Waals surface area contributed by atoms with Crippen molar-refractivity contribution in [2.75, 3.05) is 65.0 Å². The third kappa shape index (κ3) is 10.9. The van der Waals surface area contributed by atoms with Crippen molar-refractivity contribution in [3.63, 3.8) is 0 Å².